The Morgan fingerprint density at radius 3 is 0.871 bits per heavy atom. The van der Waals surface area contributed by atoms with Crippen molar-refractivity contribution in [1.82, 2.24) is 102 Å². The first kappa shape index (κ1) is 96.4. The zero-order valence-electron chi connectivity index (χ0n) is 69.3. The quantitative estimate of drug-likeness (QED) is 0.0353. The lowest BCUT2D eigenvalue weighted by Gasteiger charge is -2.26. The second-order valence-electron chi connectivity index (χ2n) is 31.2. The fourth-order valence-corrected chi connectivity index (χ4v) is 22.0. The Bertz CT molecular complexity index is 7430. The molecule has 12 aromatic heterocycles. The third kappa shape index (κ3) is 18.6. The lowest BCUT2D eigenvalue weighted by molar-refractivity contribution is -0.0674. The molecule has 0 aromatic carbocycles. The van der Waals surface area contributed by atoms with E-state index in [0.717, 1.165) is 32.7 Å². The highest BCUT2D eigenvalue weighted by molar-refractivity contribution is 7.48. The SMILES string of the molecule is Nc1nc2c(ncn2[C@@H]2O[C@@H]3COP(=O)(O)O[C@@H]4[C@H](F)[C@@H](COP(=O)(O)O[C@@H]2[C@@H]3O)O[C@H]4n2cnc3c(N)ccnc32)c(=O)[nH]1.[N-]=[N+]=N[C@H]1[C@H]2OP(=O)(O)OC[C@H]3O[C@@H](n4cnc5c(=O)[nH]c(N)nc54)[C@H](OP(=O)(O)OC[C@H]1O[C@H]2n1cnc2c(N)ccnc21)[C@@H]3O.[N-]=[N+]=N[C@H]1[C@H]2OP(=O)(O)OC[C@H]3O[C@@H](n4cnc5c(N)ccnc54)[C@H](OP(=O)(O)OC[C@H]1O[C@H]2n1cnc2c(=O)[nH]c(N)nc21)[C@@H]3O. The number of phosphoric acid groups is 6. The van der Waals surface area contributed by atoms with Crippen LogP contribution in [0, 0.1) is 0 Å². The molecule has 30 atom stereocenters. The van der Waals surface area contributed by atoms with E-state index in [1.165, 1.54) is 69.5 Å². The van der Waals surface area contributed by atoms with Gasteiger partial charge in [0.25, 0.3) is 16.7 Å². The fraction of sp³-hybridized carbons (Fsp3) is 0.476. The molecule has 21 rings (SSSR count). The molecule has 12 aromatic rings. The molecule has 9 aliphatic rings. The number of rotatable bonds is 8. The van der Waals surface area contributed by atoms with Crippen LogP contribution in [0.25, 0.3) is 87.9 Å². The van der Waals surface area contributed by atoms with E-state index in [-0.39, 0.29) is 102 Å². The standard InChI is InChI=1S/C21H24FN9O12P2.2C21H24N12O12P2/c22-10-8-3-38-45(36,37)43-15-13(32)9(41-20(15)31-6-27-12-17(31)28-21(24)29-18(12)33)4-39-44(34,35)42-14(10)19(40-8)30-5-26-11-7(23)1-2-25-16(11)30;22-7-1-2-25-16-10(7)26-5-32(16)20-15-13(34)9(43-20)4-41-46(36,37)44-14-11(30-31-24)8(3-40-47(38,39)45-15)42-19(14)33-6-27-12-17(33)28-21(23)29-18(12)35;22-7-1-2-25-16-10(7)26-5-32(16)19-14-11(30-31-24)8(42-19)3-40-47(38,39)45-15-13(34)9(4-41-46(36,37)44-14)43-20(15)33-6-27-12-17(33)28-21(23)29-18(12)35/h1-2,5-6,8-10,13-15,19-20,32H,3-4H2,(H2,23,25)(H,34,35)(H,36,37)(H3,24,28,29,33);2*1-2,5-6,8-9,11,13-15,19-20,34H,3-4H2,(H2,22,25)(H,36,37)(H,38,39)(H3,23,28,29,35)/t8-,9-,10-,13-,14-,15-,19-,20-;2*8-,9-,11-,13-,14-,15-,19-,20-/m111/s1. The van der Waals surface area contributed by atoms with Crippen LogP contribution in [0.3, 0.4) is 0 Å². The van der Waals surface area contributed by atoms with E-state index >= 15 is 4.39 Å². The average Bonchev–Trinajstić information content (AvgIpc) is 1.61. The maximum Gasteiger partial charge on any atom is 0.472 e. The number of nitrogens with two attached hydrogens (primary N) is 6. The van der Waals surface area contributed by atoms with Gasteiger partial charge in [-0.15, -0.1) is 0 Å². The van der Waals surface area contributed by atoms with Crippen molar-refractivity contribution >= 4 is 149 Å². The number of nitrogens with one attached hydrogen (secondary N) is 3. The number of anilines is 6. The molecule has 24 N–H and O–H groups in total. The van der Waals surface area contributed by atoms with Crippen molar-refractivity contribution in [3.05, 3.63) is 127 Å². The monoisotopic (exact) mass is 2070 g/mol. The molecule has 0 saturated carbocycles. The van der Waals surface area contributed by atoms with Gasteiger partial charge in [0.15, 0.2) is 94.0 Å². The maximum atomic E-state index is 15.8. The summed E-state index contributed by atoms with van der Waals surface area (Å²) in [5.74, 6) is -0.886. The summed E-state index contributed by atoms with van der Waals surface area (Å²) in [4.78, 5) is 163. The van der Waals surface area contributed by atoms with Crippen LogP contribution in [0.2, 0.25) is 0 Å². The Morgan fingerprint density at radius 2 is 0.576 bits per heavy atom. The van der Waals surface area contributed by atoms with Crippen molar-refractivity contribution in [2.24, 2.45) is 10.2 Å². The molecule has 76 heteroatoms. The summed E-state index contributed by atoms with van der Waals surface area (Å²) in [5.41, 5.74) is 52.3. The van der Waals surface area contributed by atoms with Gasteiger partial charge < -0.3 is 108 Å². The Balaban J connectivity index is 0.000000133. The van der Waals surface area contributed by atoms with Gasteiger partial charge >= 0.3 is 46.9 Å². The molecule has 139 heavy (non-hydrogen) atoms. The minimum absolute atomic E-state index is 0.121. The van der Waals surface area contributed by atoms with Gasteiger partial charge in [-0.2, -0.15) is 15.0 Å². The lowest BCUT2D eigenvalue weighted by atomic mass is 10.1. The number of aromatic amines is 3. The number of pyridine rings is 3. The third-order valence-electron chi connectivity index (χ3n) is 22.6. The topological polar surface area (TPSA) is 987 Å². The molecule has 0 amide bonds. The molecule has 742 valence electrons. The Morgan fingerprint density at radius 1 is 0.345 bits per heavy atom. The Kier molecular flexibility index (Phi) is 25.6. The molecular formula is C63H72FN33O36P6. The highest BCUT2D eigenvalue weighted by Crippen LogP contribution is 2.59. The predicted octanol–water partition coefficient (Wildman–Crippen LogP) is -1.60. The second-order valence-corrected chi connectivity index (χ2v) is 39.6. The van der Waals surface area contributed by atoms with Gasteiger partial charge in [0.05, 0.1) is 119 Å². The van der Waals surface area contributed by atoms with Crippen LogP contribution in [0.1, 0.15) is 37.4 Å². The number of alkyl halides is 1. The summed E-state index contributed by atoms with van der Waals surface area (Å²) in [7, 11) is -30.8. The van der Waals surface area contributed by atoms with Gasteiger partial charge in [-0.25, -0.2) is 76.6 Å². The highest BCUT2D eigenvalue weighted by Gasteiger charge is 2.60. The number of nitrogens with zero attached hydrogens (tertiary/aromatic N) is 24. The Hall–Kier alpha value is -11.4. The summed E-state index contributed by atoms with van der Waals surface area (Å²) in [6.07, 6.45) is -24.6. The molecule has 0 radical (unpaired) electrons. The minimum Gasteiger partial charge on any atom is -0.397 e. The molecule has 6 unspecified atom stereocenters. The predicted molar refractivity (Wildman–Crippen MR) is 450 cm³/mol. The zero-order valence-corrected chi connectivity index (χ0v) is 74.7. The fourth-order valence-electron chi connectivity index (χ4n) is 16.4. The number of H-pyrrole nitrogens is 3. The molecular weight excluding hydrogens is 2000 g/mol. The zero-order chi connectivity index (χ0) is 98.3. The van der Waals surface area contributed by atoms with Crippen LogP contribution in [0.4, 0.5) is 39.3 Å². The van der Waals surface area contributed by atoms with E-state index in [9.17, 15) is 97.5 Å². The number of imidazole rings is 6. The highest BCUT2D eigenvalue weighted by atomic mass is 31.2. The average molecular weight is 2070 g/mol. The van der Waals surface area contributed by atoms with Crippen LogP contribution in [0.5, 0.6) is 0 Å². The first-order valence-corrected chi connectivity index (χ1v) is 49.0. The number of azide groups is 2. The van der Waals surface area contributed by atoms with E-state index in [0.29, 0.717) is 0 Å². The molecule has 0 spiro atoms. The summed E-state index contributed by atoms with van der Waals surface area (Å²) in [6, 6.07) is 1.51. The number of aromatic nitrogens is 21. The van der Waals surface area contributed by atoms with E-state index in [2.05, 4.69) is 94.8 Å². The molecule has 12 bridgehead atoms. The van der Waals surface area contributed by atoms with Crippen molar-refractivity contribution in [2.75, 3.05) is 74.0 Å². The number of hydrogen-bond donors (Lipinski definition) is 18. The number of phosphoric ester groups is 6. The summed E-state index contributed by atoms with van der Waals surface area (Å²) in [6.45, 7) is -5.08. The van der Waals surface area contributed by atoms with Crippen molar-refractivity contribution in [3.8, 4) is 0 Å². The van der Waals surface area contributed by atoms with E-state index < -0.39 is 250 Å². The van der Waals surface area contributed by atoms with Crippen molar-refractivity contribution in [1.29, 1.82) is 0 Å². The Labute approximate surface area is 765 Å². The van der Waals surface area contributed by atoms with Gasteiger partial charge in [0, 0.05) is 28.4 Å². The first-order valence-electron chi connectivity index (χ1n) is 40.0. The smallest absolute Gasteiger partial charge is 0.397 e. The number of fused-ring (bicyclic) bond motifs is 18. The van der Waals surface area contributed by atoms with E-state index in [1.54, 1.807) is 0 Å². The van der Waals surface area contributed by atoms with Gasteiger partial charge in [-0.05, 0) is 29.3 Å². The summed E-state index contributed by atoms with van der Waals surface area (Å²) >= 11 is 0. The molecule has 9 saturated heterocycles. The first-order chi connectivity index (χ1) is 66.0. The van der Waals surface area contributed by atoms with Crippen molar-refractivity contribution in [2.45, 2.75) is 147 Å². The molecule has 9 aliphatic heterocycles. The normalized spacial score (nSPS) is 36.8. The van der Waals surface area contributed by atoms with Gasteiger partial charge in [-0.3, -0.25) is 111 Å². The number of hydrogen-bond acceptors (Lipinski definition) is 50. The second kappa shape index (κ2) is 36.9. The van der Waals surface area contributed by atoms with Crippen molar-refractivity contribution < 1.29 is 159 Å². The molecule has 0 aliphatic carbocycles. The van der Waals surface area contributed by atoms with Crippen LogP contribution in [-0.4, -0.2) is 296 Å². The number of ether oxygens (including phenoxy) is 6. The summed E-state index contributed by atoms with van der Waals surface area (Å²) in [5, 5.41) is 40.5. The number of halogens is 1. The van der Waals surface area contributed by atoms with Gasteiger partial charge in [0.1, 0.15) is 95.9 Å². The molecule has 21 heterocycles. The van der Waals surface area contributed by atoms with Crippen LogP contribution in [0.15, 0.2) is 99.4 Å². The van der Waals surface area contributed by atoms with Crippen LogP contribution < -0.4 is 51.1 Å². The van der Waals surface area contributed by atoms with Gasteiger partial charge in [-0.1, -0.05) is 10.2 Å². The number of aliphatic hydroxyl groups excluding tert-OH is 3. The molecule has 69 nitrogen and oxygen atoms in total. The van der Waals surface area contributed by atoms with Crippen LogP contribution in [-0.2, 0) is 110 Å². The number of aliphatic hydroxyl groups is 3. The van der Waals surface area contributed by atoms with Gasteiger partial charge in [0.2, 0.25) is 17.8 Å². The maximum absolute atomic E-state index is 15.8. The minimum atomic E-state index is -5.14. The van der Waals surface area contributed by atoms with E-state index in [1.807, 2.05) is 0 Å². The number of nitrogen functional groups attached to an aromatic ring is 6. The largest absolute Gasteiger partial charge is 0.472 e. The van der Waals surface area contributed by atoms with E-state index in [4.69, 9.17) is 117 Å². The van der Waals surface area contributed by atoms with Crippen LogP contribution >= 0.6 is 46.9 Å². The lowest BCUT2D eigenvalue weighted by Crippen LogP contribution is -2.37. The van der Waals surface area contributed by atoms with Crippen molar-refractivity contribution in [3.63, 3.8) is 0 Å². The summed E-state index contributed by atoms with van der Waals surface area (Å²) < 4.78 is 201. The molecule has 9 fully saturated rings. The third-order valence-corrected chi connectivity index (χ3v) is 28.5.